The number of aliphatic hydroxyl groups excluding tert-OH is 1. The maximum Gasteiger partial charge on any atom is 0.132 e. The van der Waals surface area contributed by atoms with Gasteiger partial charge in [0.05, 0.1) is 11.7 Å². The van der Waals surface area contributed by atoms with Gasteiger partial charge in [0.2, 0.25) is 0 Å². The van der Waals surface area contributed by atoms with Gasteiger partial charge in [-0.05, 0) is 42.6 Å². The number of aliphatic hydroxyl groups is 1. The van der Waals surface area contributed by atoms with Crippen LogP contribution in [0.25, 0.3) is 5.70 Å². The van der Waals surface area contributed by atoms with E-state index in [9.17, 15) is 13.9 Å². The zero-order chi connectivity index (χ0) is 21.0. The Hall–Kier alpha value is -2.44. The first kappa shape index (κ1) is 21.3. The third-order valence-corrected chi connectivity index (χ3v) is 5.61. The highest BCUT2D eigenvalue weighted by Crippen LogP contribution is 2.33. The second kappa shape index (κ2) is 8.93. The molecule has 156 valence electrons. The molecule has 0 aliphatic carbocycles. The van der Waals surface area contributed by atoms with E-state index in [-0.39, 0.29) is 29.8 Å². The first-order valence-corrected chi connectivity index (χ1v) is 9.87. The molecule has 0 bridgehead atoms. The topological polar surface area (TPSA) is 47.5 Å². The summed E-state index contributed by atoms with van der Waals surface area (Å²) in [5.41, 5.74) is 1.63. The van der Waals surface area contributed by atoms with Crippen molar-refractivity contribution in [1.29, 1.82) is 0 Å². The molecular weight excluding hydrogens is 372 g/mol. The number of rotatable bonds is 8. The van der Waals surface area contributed by atoms with E-state index in [1.54, 1.807) is 0 Å². The Morgan fingerprint density at radius 1 is 1.17 bits per heavy atom. The average Bonchev–Trinajstić information content (AvgIpc) is 3.08. The number of likely N-dealkylation sites (N-methyl/N-ethyl adjacent to an activating group) is 1. The molecule has 3 N–H and O–H groups in total. The van der Waals surface area contributed by atoms with Gasteiger partial charge >= 0.3 is 0 Å². The molecule has 4 nitrogen and oxygen atoms in total. The van der Waals surface area contributed by atoms with E-state index in [0.29, 0.717) is 18.7 Å². The maximum absolute atomic E-state index is 14.4. The van der Waals surface area contributed by atoms with Crippen molar-refractivity contribution in [2.45, 2.75) is 39.0 Å². The van der Waals surface area contributed by atoms with Crippen LogP contribution in [-0.4, -0.2) is 35.9 Å². The van der Waals surface area contributed by atoms with Crippen LogP contribution in [0.5, 0.6) is 0 Å². The molecule has 0 fully saturated rings. The molecule has 2 atom stereocenters. The molecule has 2 unspecified atom stereocenters. The van der Waals surface area contributed by atoms with E-state index in [1.165, 1.54) is 6.07 Å². The highest BCUT2D eigenvalue weighted by molar-refractivity contribution is 5.66. The van der Waals surface area contributed by atoms with Gasteiger partial charge < -0.3 is 20.6 Å². The van der Waals surface area contributed by atoms with Gasteiger partial charge in [-0.1, -0.05) is 44.2 Å². The van der Waals surface area contributed by atoms with Crippen molar-refractivity contribution in [3.63, 3.8) is 0 Å². The van der Waals surface area contributed by atoms with Crippen LogP contribution in [0.15, 0.2) is 54.7 Å². The quantitative estimate of drug-likeness (QED) is 0.631. The van der Waals surface area contributed by atoms with Gasteiger partial charge in [0.15, 0.2) is 0 Å². The van der Waals surface area contributed by atoms with Crippen molar-refractivity contribution in [3.8, 4) is 0 Å². The minimum absolute atomic E-state index is 0.0521. The summed E-state index contributed by atoms with van der Waals surface area (Å²) in [6.07, 6.45) is 2.27. The highest BCUT2D eigenvalue weighted by Gasteiger charge is 2.40. The predicted octanol–water partition coefficient (Wildman–Crippen LogP) is 3.69. The molecule has 2 aromatic rings. The number of halogens is 2. The minimum atomic E-state index is -0.479. The van der Waals surface area contributed by atoms with E-state index >= 15 is 0 Å². The Balaban J connectivity index is 1.97. The van der Waals surface area contributed by atoms with E-state index in [4.69, 9.17) is 0 Å². The lowest BCUT2D eigenvalue weighted by Gasteiger charge is -2.42. The molecule has 0 spiro atoms. The van der Waals surface area contributed by atoms with Gasteiger partial charge in [-0.3, -0.25) is 0 Å². The van der Waals surface area contributed by atoms with Gasteiger partial charge in [-0.25, -0.2) is 8.78 Å². The van der Waals surface area contributed by atoms with E-state index in [2.05, 4.69) is 29.4 Å². The number of hydrogen-bond donors (Lipinski definition) is 3. The summed E-state index contributed by atoms with van der Waals surface area (Å²) in [6.45, 7) is 4.88. The first-order chi connectivity index (χ1) is 13.9. The molecule has 0 aromatic heterocycles. The van der Waals surface area contributed by atoms with Crippen molar-refractivity contribution >= 4 is 5.70 Å². The third-order valence-electron chi connectivity index (χ3n) is 5.61. The zero-order valence-electron chi connectivity index (χ0n) is 17.1. The molecule has 1 heterocycles. The Morgan fingerprint density at radius 3 is 2.55 bits per heavy atom. The Kier molecular flexibility index (Phi) is 6.55. The number of nitrogens with one attached hydrogen (secondary N) is 2. The average molecular weight is 402 g/mol. The summed E-state index contributed by atoms with van der Waals surface area (Å²) in [5, 5.41) is 16.3. The van der Waals surface area contributed by atoms with E-state index < -0.39 is 11.6 Å². The fourth-order valence-corrected chi connectivity index (χ4v) is 4.01. The van der Waals surface area contributed by atoms with Crippen molar-refractivity contribution in [3.05, 3.63) is 77.5 Å². The van der Waals surface area contributed by atoms with Crippen molar-refractivity contribution < 1.29 is 13.9 Å². The van der Waals surface area contributed by atoms with Crippen molar-refractivity contribution in [1.82, 2.24) is 15.5 Å². The molecule has 0 amide bonds. The van der Waals surface area contributed by atoms with Crippen molar-refractivity contribution in [2.24, 2.45) is 5.41 Å². The summed E-state index contributed by atoms with van der Waals surface area (Å²) in [4.78, 5) is 2.11. The van der Waals surface area contributed by atoms with E-state index in [0.717, 1.165) is 17.7 Å². The summed E-state index contributed by atoms with van der Waals surface area (Å²) in [6, 6.07) is 13.4. The molecule has 0 saturated heterocycles. The lowest BCUT2D eigenvalue weighted by molar-refractivity contribution is 0.0991. The second-order valence-corrected chi connectivity index (χ2v) is 8.14. The van der Waals surface area contributed by atoms with Gasteiger partial charge in [-0.2, -0.15) is 0 Å². The van der Waals surface area contributed by atoms with Crippen LogP contribution in [0, 0.1) is 17.0 Å². The Morgan fingerprint density at radius 2 is 1.90 bits per heavy atom. The largest absolute Gasteiger partial charge is 0.396 e. The minimum Gasteiger partial charge on any atom is -0.396 e. The van der Waals surface area contributed by atoms with Crippen LogP contribution in [-0.2, 0) is 6.54 Å². The van der Waals surface area contributed by atoms with Crippen LogP contribution >= 0.6 is 0 Å². The highest BCUT2D eigenvalue weighted by atomic mass is 19.1. The van der Waals surface area contributed by atoms with Crippen LogP contribution < -0.4 is 10.6 Å². The summed E-state index contributed by atoms with van der Waals surface area (Å²) in [7, 11) is 1.88. The summed E-state index contributed by atoms with van der Waals surface area (Å²) < 4.78 is 28.2. The first-order valence-electron chi connectivity index (χ1n) is 9.87. The predicted molar refractivity (Wildman–Crippen MR) is 112 cm³/mol. The van der Waals surface area contributed by atoms with Gasteiger partial charge in [0.25, 0.3) is 0 Å². The molecule has 1 aliphatic heterocycles. The lowest BCUT2D eigenvalue weighted by Crippen LogP contribution is -2.57. The molecule has 0 saturated carbocycles. The monoisotopic (exact) mass is 401 g/mol. The molecule has 29 heavy (non-hydrogen) atoms. The maximum atomic E-state index is 14.4. The molecule has 2 aromatic carbocycles. The summed E-state index contributed by atoms with van der Waals surface area (Å²) in [5.74, 6) is -0.950. The van der Waals surface area contributed by atoms with Crippen LogP contribution in [0.4, 0.5) is 8.78 Å². The van der Waals surface area contributed by atoms with Crippen LogP contribution in [0.1, 0.15) is 31.4 Å². The molecule has 0 radical (unpaired) electrons. The smallest absolute Gasteiger partial charge is 0.132 e. The molecule has 1 aliphatic rings. The molecular formula is C23H29F2N3O. The Bertz CT molecular complexity index is 854. The fourth-order valence-electron chi connectivity index (χ4n) is 4.01. The number of hydrogen-bond acceptors (Lipinski definition) is 4. The fraction of sp³-hybridized carbons (Fsp3) is 0.391. The second-order valence-electron chi connectivity index (χ2n) is 8.14. The van der Waals surface area contributed by atoms with Crippen LogP contribution in [0.2, 0.25) is 0 Å². The van der Waals surface area contributed by atoms with Gasteiger partial charge in [-0.15, -0.1) is 0 Å². The lowest BCUT2D eigenvalue weighted by atomic mass is 9.79. The van der Waals surface area contributed by atoms with Gasteiger partial charge in [0, 0.05) is 24.9 Å². The SMILES string of the molecule is CNC(C1NC(c2cc(F)ccc2F)=CN1Cc1ccccc1)C(C)(C)CCO. The number of nitrogens with zero attached hydrogens (tertiary/aromatic N) is 1. The summed E-state index contributed by atoms with van der Waals surface area (Å²) >= 11 is 0. The molecule has 6 heteroatoms. The zero-order valence-corrected chi connectivity index (χ0v) is 17.1. The third kappa shape index (κ3) is 4.77. The van der Waals surface area contributed by atoms with Crippen molar-refractivity contribution in [2.75, 3.05) is 13.7 Å². The molecule has 3 rings (SSSR count). The number of benzene rings is 2. The standard InChI is InChI=1S/C23H29F2N3O/c1-23(2,11-12-29)21(26-3)22-27-20(18-13-17(24)9-10-19(18)25)15-28(22)14-16-7-5-4-6-8-16/h4-10,13,15,21-22,26-27,29H,11-12,14H2,1-3H3. The van der Waals surface area contributed by atoms with E-state index in [1.807, 2.05) is 43.6 Å². The van der Waals surface area contributed by atoms with Gasteiger partial charge in [0.1, 0.15) is 17.8 Å². The Labute approximate surface area is 171 Å². The van der Waals surface area contributed by atoms with Crippen LogP contribution in [0.3, 0.4) is 0 Å². The normalized spacial score (nSPS) is 17.8.